The van der Waals surface area contributed by atoms with Gasteiger partial charge in [0.05, 0.1) is 14.2 Å². The summed E-state index contributed by atoms with van der Waals surface area (Å²) < 4.78 is 17.2. The van der Waals surface area contributed by atoms with E-state index in [0.29, 0.717) is 0 Å². The minimum absolute atomic E-state index is 0.789. The van der Waals surface area contributed by atoms with Crippen molar-refractivity contribution in [2.45, 2.75) is 19.4 Å². The third-order valence-electron chi connectivity index (χ3n) is 6.13. The molecule has 0 bridgehead atoms. The zero-order valence-electron chi connectivity index (χ0n) is 18.1. The lowest BCUT2D eigenvalue weighted by atomic mass is 10.0. The second-order valence-corrected chi connectivity index (χ2v) is 8.10. The van der Waals surface area contributed by atoms with Gasteiger partial charge in [0.1, 0.15) is 11.5 Å². The summed E-state index contributed by atoms with van der Waals surface area (Å²) in [7, 11) is 3.44. The van der Waals surface area contributed by atoms with Crippen molar-refractivity contribution in [1.82, 2.24) is 4.90 Å². The molecule has 31 heavy (non-hydrogen) atoms. The van der Waals surface area contributed by atoms with Crippen molar-refractivity contribution in [3.8, 4) is 22.8 Å². The Labute approximate surface area is 183 Å². The summed E-state index contributed by atoms with van der Waals surface area (Å²) in [5.41, 5.74) is 5.95. The Morgan fingerprint density at radius 3 is 2.42 bits per heavy atom. The third kappa shape index (κ3) is 4.04. The number of benzene rings is 3. The van der Waals surface area contributed by atoms with Gasteiger partial charge in [-0.1, -0.05) is 36.4 Å². The number of nitrogens with zero attached hydrogens (tertiary/aromatic N) is 1. The number of fused-ring (bicyclic) bond motifs is 2. The summed E-state index contributed by atoms with van der Waals surface area (Å²) in [6.45, 7) is 2.96. The molecule has 5 rings (SSSR count). The standard InChI is InChI=1S/C27H27NO3/c1-29-24-9-8-20-10-12-28(13-11-22(20)16-24)18-19-14-23-17-25(21-6-4-3-5-7-21)31-27(23)26(15-19)30-2/h3-9,14-17H,10-13,18H2,1-2H3. The Kier molecular flexibility index (Phi) is 5.39. The Hall–Kier alpha value is -3.24. The highest BCUT2D eigenvalue weighted by Gasteiger charge is 2.17. The van der Waals surface area contributed by atoms with Gasteiger partial charge in [0.15, 0.2) is 11.3 Å². The van der Waals surface area contributed by atoms with E-state index in [1.165, 1.54) is 16.7 Å². The van der Waals surface area contributed by atoms with Gasteiger partial charge in [-0.05, 0) is 59.9 Å². The highest BCUT2D eigenvalue weighted by atomic mass is 16.5. The molecule has 0 saturated heterocycles. The monoisotopic (exact) mass is 413 g/mol. The topological polar surface area (TPSA) is 34.8 Å². The van der Waals surface area contributed by atoms with Crippen molar-refractivity contribution in [3.63, 3.8) is 0 Å². The number of hydrogen-bond acceptors (Lipinski definition) is 4. The van der Waals surface area contributed by atoms with Crippen LogP contribution in [0.3, 0.4) is 0 Å². The molecule has 4 nitrogen and oxygen atoms in total. The minimum Gasteiger partial charge on any atom is -0.497 e. The number of rotatable bonds is 5. The molecule has 1 aliphatic heterocycles. The predicted molar refractivity (Wildman–Crippen MR) is 124 cm³/mol. The maximum Gasteiger partial charge on any atom is 0.176 e. The summed E-state index contributed by atoms with van der Waals surface area (Å²) in [5.74, 6) is 2.60. The lowest BCUT2D eigenvalue weighted by Crippen LogP contribution is -2.25. The number of methoxy groups -OCH3 is 2. The molecule has 0 aliphatic carbocycles. The molecule has 2 heterocycles. The van der Waals surface area contributed by atoms with Crippen LogP contribution in [0, 0.1) is 0 Å². The molecule has 0 unspecified atom stereocenters. The lowest BCUT2D eigenvalue weighted by Gasteiger charge is -2.20. The van der Waals surface area contributed by atoms with E-state index < -0.39 is 0 Å². The van der Waals surface area contributed by atoms with E-state index in [-0.39, 0.29) is 0 Å². The van der Waals surface area contributed by atoms with Crippen molar-refractivity contribution in [3.05, 3.63) is 83.4 Å². The van der Waals surface area contributed by atoms with Gasteiger partial charge in [0.25, 0.3) is 0 Å². The fourth-order valence-corrected chi connectivity index (χ4v) is 4.46. The molecule has 158 valence electrons. The molecule has 0 amide bonds. The predicted octanol–water partition coefficient (Wildman–Crippen LogP) is 5.72. The summed E-state index contributed by atoms with van der Waals surface area (Å²) in [6.07, 6.45) is 2.10. The van der Waals surface area contributed by atoms with Gasteiger partial charge < -0.3 is 13.9 Å². The fourth-order valence-electron chi connectivity index (χ4n) is 4.46. The Morgan fingerprint density at radius 2 is 1.65 bits per heavy atom. The van der Waals surface area contributed by atoms with Crippen LogP contribution < -0.4 is 9.47 Å². The van der Waals surface area contributed by atoms with Gasteiger partial charge >= 0.3 is 0 Å². The van der Waals surface area contributed by atoms with Crippen LogP contribution in [0.25, 0.3) is 22.3 Å². The molecule has 0 fully saturated rings. The van der Waals surface area contributed by atoms with Crippen LogP contribution in [0.2, 0.25) is 0 Å². The smallest absolute Gasteiger partial charge is 0.176 e. The van der Waals surface area contributed by atoms with Gasteiger partial charge in [0.2, 0.25) is 0 Å². The molecular formula is C27H27NO3. The van der Waals surface area contributed by atoms with Gasteiger partial charge in [-0.3, -0.25) is 4.90 Å². The van der Waals surface area contributed by atoms with E-state index in [2.05, 4.69) is 53.4 Å². The van der Waals surface area contributed by atoms with Crippen LogP contribution in [0.4, 0.5) is 0 Å². The van der Waals surface area contributed by atoms with Crippen molar-refractivity contribution < 1.29 is 13.9 Å². The molecule has 0 saturated carbocycles. The average Bonchev–Trinajstić information content (AvgIpc) is 3.15. The number of ether oxygens (including phenoxy) is 2. The Bertz CT molecular complexity index is 1200. The van der Waals surface area contributed by atoms with Gasteiger partial charge in [0, 0.05) is 30.6 Å². The van der Waals surface area contributed by atoms with Crippen molar-refractivity contribution >= 4 is 11.0 Å². The molecule has 1 aliphatic rings. The van der Waals surface area contributed by atoms with E-state index >= 15 is 0 Å². The van der Waals surface area contributed by atoms with Crippen LogP contribution in [0.15, 0.2) is 71.1 Å². The highest BCUT2D eigenvalue weighted by molar-refractivity contribution is 5.88. The molecule has 3 aromatic carbocycles. The maximum atomic E-state index is 6.15. The van der Waals surface area contributed by atoms with Crippen LogP contribution in [-0.4, -0.2) is 32.2 Å². The fraction of sp³-hybridized carbons (Fsp3) is 0.259. The molecule has 0 radical (unpaired) electrons. The first-order valence-corrected chi connectivity index (χ1v) is 10.8. The summed E-state index contributed by atoms with van der Waals surface area (Å²) in [5, 5.41) is 1.08. The number of hydrogen-bond donors (Lipinski definition) is 0. The van der Waals surface area contributed by atoms with E-state index in [9.17, 15) is 0 Å². The van der Waals surface area contributed by atoms with Crippen LogP contribution in [-0.2, 0) is 19.4 Å². The van der Waals surface area contributed by atoms with Crippen molar-refractivity contribution in [1.29, 1.82) is 0 Å². The first kappa shape index (κ1) is 19.7. The van der Waals surface area contributed by atoms with Crippen LogP contribution >= 0.6 is 0 Å². The first-order chi connectivity index (χ1) is 15.2. The minimum atomic E-state index is 0.789. The Morgan fingerprint density at radius 1 is 0.839 bits per heavy atom. The third-order valence-corrected chi connectivity index (χ3v) is 6.13. The lowest BCUT2D eigenvalue weighted by molar-refractivity contribution is 0.279. The van der Waals surface area contributed by atoms with E-state index in [1.807, 2.05) is 18.2 Å². The highest BCUT2D eigenvalue weighted by Crippen LogP contribution is 2.35. The van der Waals surface area contributed by atoms with Crippen LogP contribution in [0.5, 0.6) is 11.5 Å². The molecule has 4 heteroatoms. The summed E-state index contributed by atoms with van der Waals surface area (Å²) >= 11 is 0. The van der Waals surface area contributed by atoms with Gasteiger partial charge in [-0.15, -0.1) is 0 Å². The zero-order chi connectivity index (χ0) is 21.2. The summed E-state index contributed by atoms with van der Waals surface area (Å²) in [6, 6.07) is 23.1. The maximum absolute atomic E-state index is 6.15. The number of furan rings is 1. The molecule has 1 aromatic heterocycles. The quantitative estimate of drug-likeness (QED) is 0.419. The normalized spacial score (nSPS) is 14.3. The van der Waals surface area contributed by atoms with Gasteiger partial charge in [-0.2, -0.15) is 0 Å². The van der Waals surface area contributed by atoms with Crippen molar-refractivity contribution in [2.75, 3.05) is 27.3 Å². The molecular weight excluding hydrogens is 386 g/mol. The zero-order valence-corrected chi connectivity index (χ0v) is 18.1. The van der Waals surface area contributed by atoms with Crippen LogP contribution in [0.1, 0.15) is 16.7 Å². The SMILES string of the molecule is COc1ccc2c(c1)CCN(Cc1cc(OC)c3oc(-c4ccccc4)cc3c1)CC2. The largest absolute Gasteiger partial charge is 0.497 e. The van der Waals surface area contributed by atoms with E-state index in [4.69, 9.17) is 13.9 Å². The van der Waals surface area contributed by atoms with Gasteiger partial charge in [-0.25, -0.2) is 0 Å². The summed E-state index contributed by atoms with van der Waals surface area (Å²) in [4.78, 5) is 2.52. The molecule has 0 spiro atoms. The molecule has 0 N–H and O–H groups in total. The Balaban J connectivity index is 1.39. The molecule has 0 atom stereocenters. The second-order valence-electron chi connectivity index (χ2n) is 8.10. The average molecular weight is 414 g/mol. The van der Waals surface area contributed by atoms with E-state index in [1.54, 1.807) is 14.2 Å². The first-order valence-electron chi connectivity index (χ1n) is 10.8. The second kappa shape index (κ2) is 8.48. The van der Waals surface area contributed by atoms with Crippen molar-refractivity contribution in [2.24, 2.45) is 0 Å². The molecule has 4 aromatic rings. The van der Waals surface area contributed by atoms with E-state index in [0.717, 1.165) is 66.3 Å².